The zero-order chi connectivity index (χ0) is 18.3. The van der Waals surface area contributed by atoms with Crippen LogP contribution in [-0.2, 0) is 22.8 Å². The predicted octanol–water partition coefficient (Wildman–Crippen LogP) is 4.49. The molecule has 0 rings (SSSR count). The Morgan fingerprint density at radius 2 is 1.54 bits per heavy atom. The average Bonchev–Trinajstić information content (AvgIpc) is 2.53. The van der Waals surface area contributed by atoms with Gasteiger partial charge >= 0.3 is 14.8 Å². The van der Waals surface area contributed by atoms with Gasteiger partial charge in [0.15, 0.2) is 0 Å². The minimum atomic E-state index is -2.68. The van der Waals surface area contributed by atoms with Crippen molar-refractivity contribution < 1.29 is 22.8 Å². The smallest absolute Gasteiger partial charge is 0.459 e. The third kappa shape index (κ3) is 10.2. The number of esters is 1. The third-order valence-corrected chi connectivity index (χ3v) is 6.67. The van der Waals surface area contributed by atoms with Gasteiger partial charge in [-0.15, -0.1) is 0 Å². The lowest BCUT2D eigenvalue weighted by atomic mass is 10.1. The second-order valence-electron chi connectivity index (χ2n) is 5.58. The molecule has 0 aliphatic carbocycles. The fourth-order valence-corrected chi connectivity index (χ4v) is 5.24. The van der Waals surface area contributed by atoms with Crippen molar-refractivity contribution >= 4 is 14.8 Å². The monoisotopic (exact) mass is 360 g/mol. The third-order valence-electron chi connectivity index (χ3n) is 3.58. The minimum Gasteiger partial charge on any atom is -0.459 e. The quantitative estimate of drug-likeness (QED) is 0.186. The molecule has 1 atom stereocenters. The number of ether oxygens (including phenoxy) is 1. The Labute approximate surface area is 149 Å². The van der Waals surface area contributed by atoms with E-state index in [2.05, 4.69) is 6.92 Å². The number of allylic oxidation sites excluding steroid dienone is 1. The summed E-state index contributed by atoms with van der Waals surface area (Å²) < 4.78 is 23.2. The van der Waals surface area contributed by atoms with Crippen LogP contribution in [0.3, 0.4) is 0 Å². The molecule has 6 heteroatoms. The maximum absolute atomic E-state index is 11.8. The van der Waals surface area contributed by atoms with Crippen molar-refractivity contribution in [2.24, 2.45) is 0 Å². The zero-order valence-electron chi connectivity index (χ0n) is 16.1. The second-order valence-corrected chi connectivity index (χ2v) is 8.31. The van der Waals surface area contributed by atoms with E-state index >= 15 is 0 Å². The number of unbranched alkanes of at least 4 members (excludes halogenated alkanes) is 2. The van der Waals surface area contributed by atoms with Crippen LogP contribution in [0.2, 0.25) is 6.04 Å². The first kappa shape index (κ1) is 23.3. The topological polar surface area (TPSA) is 54.0 Å². The van der Waals surface area contributed by atoms with Crippen LogP contribution in [0.1, 0.15) is 66.7 Å². The summed E-state index contributed by atoms with van der Waals surface area (Å²) in [6, 6.07) is 0.669. The molecule has 0 aliphatic rings. The Bertz CT molecular complexity index is 329. The Morgan fingerprint density at radius 3 is 2.00 bits per heavy atom. The number of carbonyl (C=O) groups excluding carboxylic acids is 1. The van der Waals surface area contributed by atoms with Crippen molar-refractivity contribution in [1.82, 2.24) is 0 Å². The zero-order valence-corrected chi connectivity index (χ0v) is 17.1. The van der Waals surface area contributed by atoms with E-state index in [1.165, 1.54) is 6.08 Å². The van der Waals surface area contributed by atoms with Crippen LogP contribution in [0.25, 0.3) is 0 Å². The summed E-state index contributed by atoms with van der Waals surface area (Å²) in [4.78, 5) is 11.8. The molecule has 24 heavy (non-hydrogen) atoms. The molecule has 0 spiro atoms. The van der Waals surface area contributed by atoms with Crippen LogP contribution >= 0.6 is 0 Å². The van der Waals surface area contributed by atoms with Gasteiger partial charge < -0.3 is 18.0 Å². The van der Waals surface area contributed by atoms with Gasteiger partial charge in [-0.3, -0.25) is 0 Å². The highest BCUT2D eigenvalue weighted by Crippen LogP contribution is 2.22. The Kier molecular flexibility index (Phi) is 14.2. The van der Waals surface area contributed by atoms with Crippen molar-refractivity contribution in [2.75, 3.05) is 19.8 Å². The molecule has 0 radical (unpaired) electrons. The van der Waals surface area contributed by atoms with Gasteiger partial charge in [0.25, 0.3) is 0 Å². The van der Waals surface area contributed by atoms with E-state index in [1.54, 1.807) is 6.08 Å². The van der Waals surface area contributed by atoms with Gasteiger partial charge in [0.05, 0.1) is 0 Å². The highest BCUT2D eigenvalue weighted by Gasteiger charge is 2.40. The van der Waals surface area contributed by atoms with Gasteiger partial charge in [-0.2, -0.15) is 0 Å². The summed E-state index contributed by atoms with van der Waals surface area (Å²) in [6.07, 6.45) is 7.96. The molecule has 1 unspecified atom stereocenters. The Hall–Kier alpha value is -0.693. The fraction of sp³-hybridized carbons (Fsp3) is 0.833. The van der Waals surface area contributed by atoms with Crippen LogP contribution in [0, 0.1) is 0 Å². The number of rotatable bonds is 15. The largest absolute Gasteiger partial charge is 0.501 e. The van der Waals surface area contributed by atoms with E-state index in [4.69, 9.17) is 18.0 Å². The number of carbonyl (C=O) groups is 1. The maximum Gasteiger partial charge on any atom is 0.501 e. The molecule has 0 saturated carbocycles. The molecule has 0 aromatic heterocycles. The molecule has 0 heterocycles. The Morgan fingerprint density at radius 1 is 0.958 bits per heavy atom. The summed E-state index contributed by atoms with van der Waals surface area (Å²) in [7, 11) is -2.68. The van der Waals surface area contributed by atoms with E-state index in [0.717, 1.165) is 25.7 Å². The van der Waals surface area contributed by atoms with Crippen LogP contribution < -0.4 is 0 Å². The van der Waals surface area contributed by atoms with Crippen molar-refractivity contribution in [3.63, 3.8) is 0 Å². The summed E-state index contributed by atoms with van der Waals surface area (Å²) in [5.41, 5.74) is 0. The van der Waals surface area contributed by atoms with Crippen molar-refractivity contribution in [2.45, 2.75) is 78.9 Å². The van der Waals surface area contributed by atoms with Gasteiger partial charge in [-0.25, -0.2) is 4.79 Å². The number of hydrogen-bond acceptors (Lipinski definition) is 5. The molecule has 0 bridgehead atoms. The highest BCUT2D eigenvalue weighted by molar-refractivity contribution is 6.60. The molecule has 0 aromatic carbocycles. The molecule has 0 amide bonds. The first-order chi connectivity index (χ1) is 11.6. The predicted molar refractivity (Wildman–Crippen MR) is 98.9 cm³/mol. The van der Waals surface area contributed by atoms with Gasteiger partial charge in [0.1, 0.15) is 6.10 Å². The van der Waals surface area contributed by atoms with Gasteiger partial charge in [-0.1, -0.05) is 25.8 Å². The van der Waals surface area contributed by atoms with Gasteiger partial charge in [0.2, 0.25) is 0 Å². The first-order valence-electron chi connectivity index (χ1n) is 9.32. The van der Waals surface area contributed by atoms with Crippen LogP contribution in [-0.4, -0.2) is 40.7 Å². The Balaban J connectivity index is 4.82. The molecule has 5 nitrogen and oxygen atoms in total. The number of hydrogen-bond donors (Lipinski definition) is 0. The lowest BCUT2D eigenvalue weighted by molar-refractivity contribution is -0.143. The minimum absolute atomic E-state index is 0.117. The van der Waals surface area contributed by atoms with Crippen molar-refractivity contribution in [1.29, 1.82) is 0 Å². The van der Waals surface area contributed by atoms with E-state index in [1.807, 2.05) is 27.7 Å². The molecule has 0 aliphatic heterocycles. The molecule has 0 aromatic rings. The van der Waals surface area contributed by atoms with Gasteiger partial charge in [0, 0.05) is 31.9 Å². The summed E-state index contributed by atoms with van der Waals surface area (Å²) in [6.45, 7) is 11.5. The van der Waals surface area contributed by atoms with Crippen LogP contribution in [0.15, 0.2) is 12.2 Å². The lowest BCUT2D eigenvalue weighted by Gasteiger charge is -2.29. The second kappa shape index (κ2) is 14.6. The molecule has 0 saturated heterocycles. The van der Waals surface area contributed by atoms with E-state index < -0.39 is 8.80 Å². The normalized spacial score (nSPS) is 13.4. The van der Waals surface area contributed by atoms with E-state index in [0.29, 0.717) is 32.3 Å². The van der Waals surface area contributed by atoms with E-state index in [9.17, 15) is 4.79 Å². The lowest BCUT2D eigenvalue weighted by Crippen LogP contribution is -2.46. The summed E-state index contributed by atoms with van der Waals surface area (Å²) in [5.74, 6) is -0.282. The molecular weight excluding hydrogens is 324 g/mol. The first-order valence-corrected chi connectivity index (χ1v) is 11.3. The summed E-state index contributed by atoms with van der Waals surface area (Å²) >= 11 is 0. The van der Waals surface area contributed by atoms with Crippen molar-refractivity contribution in [3.05, 3.63) is 12.2 Å². The molecular formula is C18H36O5Si. The molecule has 142 valence electrons. The van der Waals surface area contributed by atoms with Gasteiger partial charge in [-0.05, 0) is 47.0 Å². The average molecular weight is 361 g/mol. The maximum atomic E-state index is 11.8. The van der Waals surface area contributed by atoms with Crippen molar-refractivity contribution in [3.8, 4) is 0 Å². The fourth-order valence-electron chi connectivity index (χ4n) is 2.56. The summed E-state index contributed by atoms with van der Waals surface area (Å²) in [5, 5.41) is 0. The molecule has 0 fully saturated rings. The van der Waals surface area contributed by atoms with E-state index in [-0.39, 0.29) is 12.1 Å². The van der Waals surface area contributed by atoms with Crippen LogP contribution in [0.4, 0.5) is 0 Å². The standard InChI is InChI=1S/C18H36O5Si/c1-6-11-12-14-17(23-18(19)13-7-2)15-16-24(20-8-3,21-9-4)22-10-5/h7,13,17H,6,8-12,14-16H2,1-5H3. The van der Waals surface area contributed by atoms with Crippen LogP contribution in [0.5, 0.6) is 0 Å². The SMILES string of the molecule is CC=CC(=O)OC(CCCCC)CC[Si](OCC)(OCC)OCC. The molecule has 0 N–H and O–H groups in total. The highest BCUT2D eigenvalue weighted by atomic mass is 28.4.